The Morgan fingerprint density at radius 1 is 0.902 bits per heavy atom. The first-order valence-corrected chi connectivity index (χ1v) is 17.3. The van der Waals surface area contributed by atoms with Gasteiger partial charge in [0, 0.05) is 60.5 Å². The maximum Gasteiger partial charge on any atom is 0.219 e. The molecule has 0 saturated heterocycles. The number of para-hydroxylation sites is 1. The number of aliphatic imine (C=N–C) groups is 1. The van der Waals surface area contributed by atoms with Crippen molar-refractivity contribution in [2.24, 2.45) is 16.5 Å². The van der Waals surface area contributed by atoms with Crippen molar-refractivity contribution in [3.05, 3.63) is 120 Å². The van der Waals surface area contributed by atoms with Crippen LogP contribution in [0.1, 0.15) is 68.5 Å². The molecule has 0 spiro atoms. The topological polar surface area (TPSA) is 166 Å². The van der Waals surface area contributed by atoms with E-state index in [0.29, 0.717) is 43.9 Å². The highest BCUT2D eigenvalue weighted by molar-refractivity contribution is 5.94. The first-order valence-electron chi connectivity index (χ1n) is 17.3. The summed E-state index contributed by atoms with van der Waals surface area (Å²) in [6, 6.07) is 27.8. The fraction of sp³-hybridized carbons (Fsp3) is 0.300. The van der Waals surface area contributed by atoms with Gasteiger partial charge in [0.2, 0.25) is 12.2 Å². The van der Waals surface area contributed by atoms with E-state index in [1.165, 1.54) is 0 Å². The fourth-order valence-corrected chi connectivity index (χ4v) is 5.96. The summed E-state index contributed by atoms with van der Waals surface area (Å²) >= 11 is 0. The van der Waals surface area contributed by atoms with Crippen LogP contribution in [0.3, 0.4) is 0 Å². The van der Waals surface area contributed by atoms with Gasteiger partial charge < -0.3 is 31.0 Å². The molecule has 3 heterocycles. The first-order chi connectivity index (χ1) is 24.7. The van der Waals surface area contributed by atoms with Gasteiger partial charge in [0.05, 0.1) is 11.4 Å². The average molecular weight is 690 g/mol. The van der Waals surface area contributed by atoms with Gasteiger partial charge in [-0.3, -0.25) is 14.2 Å². The van der Waals surface area contributed by atoms with Crippen molar-refractivity contribution in [1.82, 2.24) is 19.4 Å². The van der Waals surface area contributed by atoms with Crippen LogP contribution in [0, 0.1) is 0 Å². The van der Waals surface area contributed by atoms with Gasteiger partial charge in [-0.15, -0.1) is 0 Å². The third kappa shape index (κ3) is 8.80. The van der Waals surface area contributed by atoms with Crippen molar-refractivity contribution >= 4 is 28.3 Å². The highest BCUT2D eigenvalue weighted by Gasteiger charge is 2.26. The van der Waals surface area contributed by atoms with Crippen molar-refractivity contribution < 1.29 is 19.4 Å². The van der Waals surface area contributed by atoms with Crippen LogP contribution >= 0.6 is 0 Å². The molecule has 2 unspecified atom stereocenters. The van der Waals surface area contributed by atoms with E-state index in [0.717, 1.165) is 39.0 Å². The lowest BCUT2D eigenvalue weighted by atomic mass is 9.96. The quantitative estimate of drug-likeness (QED) is 0.0424. The molecule has 0 fully saturated rings. The Balaban J connectivity index is 0.000000251. The van der Waals surface area contributed by atoms with Crippen LogP contribution < -0.4 is 11.5 Å². The van der Waals surface area contributed by atoms with Gasteiger partial charge in [0.15, 0.2) is 17.4 Å². The summed E-state index contributed by atoms with van der Waals surface area (Å²) in [6.45, 7) is 9.06. The standard InChI is InChI=1S/C26H27N7O.C14H20O3/c1-16(17-8-3-2-4-9-17)23-25(34)33-15-22(19-14-30-20-11-6-5-10-18(19)20)31-21(24(33)32-23)12-7-13-29-26(27)28;1-4-16-14(17-5-2)13(15)11(3)12-9-7-6-8-10-12/h2-6,8-11,14-16,30,34H,7,12-13H2,1H3,(H4,27,28,29);6-11,14H,4-5H2,1-3H3. The molecule has 6 N–H and O–H groups in total. The van der Waals surface area contributed by atoms with Gasteiger partial charge in [-0.05, 0) is 43.9 Å². The summed E-state index contributed by atoms with van der Waals surface area (Å²) in [7, 11) is 0. The molecule has 0 aliphatic carbocycles. The van der Waals surface area contributed by atoms with Crippen molar-refractivity contribution in [1.29, 1.82) is 0 Å². The number of aromatic nitrogens is 4. The minimum Gasteiger partial charge on any atom is -0.493 e. The minimum atomic E-state index is -0.750. The predicted octanol–water partition coefficient (Wildman–Crippen LogP) is 6.70. The number of aromatic hydroxyl groups is 1. The van der Waals surface area contributed by atoms with E-state index >= 15 is 0 Å². The molecule has 11 heteroatoms. The lowest BCUT2D eigenvalue weighted by Crippen LogP contribution is -2.31. The smallest absolute Gasteiger partial charge is 0.219 e. The number of Topliss-reactive ketones (excluding diaryl/α,β-unsaturated/α-hetero) is 1. The number of ether oxygens (including phenoxy) is 2. The maximum absolute atomic E-state index is 12.2. The number of hydrogen-bond acceptors (Lipinski definition) is 7. The molecule has 0 aliphatic heterocycles. The van der Waals surface area contributed by atoms with Crippen molar-refractivity contribution in [3.63, 3.8) is 0 Å². The zero-order valence-electron chi connectivity index (χ0n) is 29.6. The number of hydrogen-bond donors (Lipinski definition) is 4. The molecule has 6 aromatic rings. The van der Waals surface area contributed by atoms with Crippen molar-refractivity contribution in [2.75, 3.05) is 19.8 Å². The van der Waals surface area contributed by atoms with Crippen molar-refractivity contribution in [3.8, 4) is 17.1 Å². The van der Waals surface area contributed by atoms with Crippen LogP contribution in [0.15, 0.2) is 102 Å². The van der Waals surface area contributed by atoms with Crippen LogP contribution in [0.5, 0.6) is 5.88 Å². The lowest BCUT2D eigenvalue weighted by Gasteiger charge is -2.19. The van der Waals surface area contributed by atoms with E-state index in [2.05, 4.69) is 16.0 Å². The monoisotopic (exact) mass is 689 g/mol. The van der Waals surface area contributed by atoms with E-state index in [1.807, 2.05) is 119 Å². The van der Waals surface area contributed by atoms with Crippen LogP contribution in [-0.2, 0) is 20.7 Å². The highest BCUT2D eigenvalue weighted by atomic mass is 16.7. The number of nitrogens with two attached hydrogens (primary N) is 2. The Kier molecular flexibility index (Phi) is 12.6. The predicted molar refractivity (Wildman–Crippen MR) is 202 cm³/mol. The average Bonchev–Trinajstić information content (AvgIpc) is 3.74. The molecule has 3 aromatic carbocycles. The maximum atomic E-state index is 12.2. The SMILES string of the molecule is CC(c1ccccc1)c1nc2c(CCCN=C(N)N)nc(-c3c[nH]c4ccccc34)cn2c1O.CCOC(OCC)C(=O)C(C)c1ccccc1. The summed E-state index contributed by atoms with van der Waals surface area (Å²) in [5.74, 6) is -0.116. The molecule has 0 amide bonds. The Morgan fingerprint density at radius 2 is 1.53 bits per heavy atom. The third-order valence-corrected chi connectivity index (χ3v) is 8.71. The largest absolute Gasteiger partial charge is 0.493 e. The van der Waals surface area contributed by atoms with Crippen LogP contribution in [0.25, 0.3) is 27.8 Å². The third-order valence-electron chi connectivity index (χ3n) is 8.71. The lowest BCUT2D eigenvalue weighted by molar-refractivity contribution is -0.169. The fourth-order valence-electron chi connectivity index (χ4n) is 5.96. The Labute approximate surface area is 298 Å². The van der Waals surface area contributed by atoms with Crippen LogP contribution in [0.2, 0.25) is 0 Å². The number of benzene rings is 3. The Bertz CT molecular complexity index is 2050. The molecule has 6 rings (SSSR count). The number of aromatic amines is 1. The van der Waals surface area contributed by atoms with Gasteiger partial charge in [-0.1, -0.05) is 92.7 Å². The molecular weight excluding hydrogens is 642 g/mol. The summed E-state index contributed by atoms with van der Waals surface area (Å²) < 4.78 is 12.4. The number of carbonyl (C=O) groups excluding carboxylic acids is 1. The number of nitrogens with zero attached hydrogens (tertiary/aromatic N) is 4. The summed E-state index contributed by atoms with van der Waals surface area (Å²) in [4.78, 5) is 29.4. The molecule has 11 nitrogen and oxygen atoms in total. The zero-order valence-corrected chi connectivity index (χ0v) is 29.6. The zero-order chi connectivity index (χ0) is 36.3. The molecule has 3 aromatic heterocycles. The summed E-state index contributed by atoms with van der Waals surface area (Å²) in [6.07, 6.45) is 4.37. The van der Waals surface area contributed by atoms with Crippen LogP contribution in [0.4, 0.5) is 0 Å². The second-order valence-corrected chi connectivity index (χ2v) is 12.2. The number of aryl methyl sites for hydroxylation is 1. The minimum absolute atomic E-state index is 0.0279. The first kappa shape index (κ1) is 36.8. The van der Waals surface area contributed by atoms with Crippen molar-refractivity contribution in [2.45, 2.75) is 58.7 Å². The number of fused-ring (bicyclic) bond motifs is 2. The van der Waals surface area contributed by atoms with Gasteiger partial charge in [0.25, 0.3) is 0 Å². The molecule has 2 atom stereocenters. The normalized spacial score (nSPS) is 12.4. The van der Waals surface area contributed by atoms with E-state index < -0.39 is 6.29 Å². The molecular formula is C40H47N7O4. The van der Waals surface area contributed by atoms with E-state index in [1.54, 1.807) is 4.40 Å². The van der Waals surface area contributed by atoms with Gasteiger partial charge in [-0.25, -0.2) is 9.97 Å². The van der Waals surface area contributed by atoms with Crippen LogP contribution in [-0.4, -0.2) is 62.3 Å². The summed E-state index contributed by atoms with van der Waals surface area (Å²) in [5, 5.41) is 12.3. The highest BCUT2D eigenvalue weighted by Crippen LogP contribution is 2.35. The Morgan fingerprint density at radius 3 is 2.18 bits per heavy atom. The second kappa shape index (κ2) is 17.4. The number of ketones is 1. The number of nitrogens with one attached hydrogen (secondary N) is 1. The number of guanidine groups is 1. The second-order valence-electron chi connectivity index (χ2n) is 12.2. The molecule has 0 bridgehead atoms. The number of imidazole rings is 1. The number of carbonyl (C=O) groups is 1. The molecule has 51 heavy (non-hydrogen) atoms. The van der Waals surface area contributed by atoms with Gasteiger partial charge >= 0.3 is 0 Å². The molecule has 0 aliphatic rings. The number of H-pyrrole nitrogens is 1. The van der Waals surface area contributed by atoms with Gasteiger partial charge in [0.1, 0.15) is 5.69 Å². The van der Waals surface area contributed by atoms with E-state index in [-0.39, 0.29) is 29.5 Å². The molecule has 266 valence electrons. The Hall–Kier alpha value is -5.52. The van der Waals surface area contributed by atoms with Gasteiger partial charge in [-0.2, -0.15) is 0 Å². The summed E-state index contributed by atoms with van der Waals surface area (Å²) in [5.41, 5.74) is 17.8. The molecule has 0 radical (unpaired) electrons. The number of rotatable bonds is 14. The van der Waals surface area contributed by atoms with E-state index in [4.69, 9.17) is 30.9 Å². The van der Waals surface area contributed by atoms with E-state index in [9.17, 15) is 9.90 Å². The molecule has 0 saturated carbocycles.